The van der Waals surface area contributed by atoms with Gasteiger partial charge >= 0.3 is 0 Å². The Kier molecular flexibility index (Phi) is 5.54. The Hall–Kier alpha value is -1.36. The fourth-order valence-electron chi connectivity index (χ4n) is 1.76. The number of hydrogen-bond donors (Lipinski definition) is 2. The predicted molar refractivity (Wildman–Crippen MR) is 79.9 cm³/mol. The molecule has 5 nitrogen and oxygen atoms in total. The summed E-state index contributed by atoms with van der Waals surface area (Å²) in [6.45, 7) is 12.0. The van der Waals surface area contributed by atoms with E-state index in [4.69, 9.17) is 4.74 Å². The van der Waals surface area contributed by atoms with Crippen molar-refractivity contribution in [2.24, 2.45) is 0 Å². The van der Waals surface area contributed by atoms with Crippen molar-refractivity contribution in [2.45, 2.75) is 46.1 Å². The molecule has 0 aliphatic heterocycles. The first kappa shape index (κ1) is 15.7. The quantitative estimate of drug-likeness (QED) is 0.794. The summed E-state index contributed by atoms with van der Waals surface area (Å²) in [6.07, 6.45) is 1.59. The van der Waals surface area contributed by atoms with Gasteiger partial charge in [-0.05, 0) is 26.7 Å². The second kappa shape index (κ2) is 6.70. The van der Waals surface area contributed by atoms with E-state index in [1.54, 1.807) is 13.4 Å². The summed E-state index contributed by atoms with van der Waals surface area (Å²) < 4.78 is 5.42. The molecule has 19 heavy (non-hydrogen) atoms. The van der Waals surface area contributed by atoms with E-state index in [0.717, 1.165) is 23.7 Å². The SMILES string of the molecule is CCNc1ncnc(NCC(C)(C)OC)c1C(C)C. The molecule has 1 aromatic rings. The molecular weight excluding hydrogens is 240 g/mol. The minimum absolute atomic E-state index is 0.225. The lowest BCUT2D eigenvalue weighted by Crippen LogP contribution is -2.32. The van der Waals surface area contributed by atoms with E-state index in [9.17, 15) is 0 Å². The number of methoxy groups -OCH3 is 1. The van der Waals surface area contributed by atoms with Crippen molar-refractivity contribution in [1.82, 2.24) is 9.97 Å². The highest BCUT2D eigenvalue weighted by atomic mass is 16.5. The third-order valence-corrected chi connectivity index (χ3v) is 3.04. The maximum absolute atomic E-state index is 5.42. The largest absolute Gasteiger partial charge is 0.377 e. The molecule has 5 heteroatoms. The number of rotatable bonds is 7. The lowest BCUT2D eigenvalue weighted by Gasteiger charge is -2.25. The summed E-state index contributed by atoms with van der Waals surface area (Å²) in [5, 5.41) is 6.66. The van der Waals surface area contributed by atoms with Gasteiger partial charge < -0.3 is 15.4 Å². The maximum atomic E-state index is 5.42. The standard InChI is InChI=1S/C14H26N4O/c1-7-15-12-11(10(2)3)13(18-9-17-12)16-8-14(4,5)19-6/h9-10H,7-8H2,1-6H3,(H2,15,16,17,18). The van der Waals surface area contributed by atoms with E-state index < -0.39 is 0 Å². The van der Waals surface area contributed by atoms with Crippen molar-refractivity contribution in [2.75, 3.05) is 30.8 Å². The molecule has 0 radical (unpaired) electrons. The van der Waals surface area contributed by atoms with Crippen LogP contribution in [0.3, 0.4) is 0 Å². The van der Waals surface area contributed by atoms with Crippen molar-refractivity contribution in [3.63, 3.8) is 0 Å². The van der Waals surface area contributed by atoms with Gasteiger partial charge in [-0.1, -0.05) is 13.8 Å². The fourth-order valence-corrected chi connectivity index (χ4v) is 1.76. The van der Waals surface area contributed by atoms with E-state index in [1.807, 2.05) is 13.8 Å². The average molecular weight is 266 g/mol. The Morgan fingerprint density at radius 3 is 2.26 bits per heavy atom. The summed E-state index contributed by atoms with van der Waals surface area (Å²) >= 11 is 0. The van der Waals surface area contributed by atoms with Crippen LogP contribution in [0.1, 0.15) is 46.1 Å². The van der Waals surface area contributed by atoms with E-state index >= 15 is 0 Å². The molecule has 0 aliphatic carbocycles. The van der Waals surface area contributed by atoms with Crippen molar-refractivity contribution >= 4 is 11.6 Å². The highest BCUT2D eigenvalue weighted by Gasteiger charge is 2.19. The lowest BCUT2D eigenvalue weighted by molar-refractivity contribution is 0.0343. The van der Waals surface area contributed by atoms with E-state index in [-0.39, 0.29) is 5.60 Å². The zero-order valence-electron chi connectivity index (χ0n) is 12.9. The Labute approximate surface area is 116 Å². The molecule has 2 N–H and O–H groups in total. The van der Waals surface area contributed by atoms with Crippen LogP contribution < -0.4 is 10.6 Å². The second-order valence-electron chi connectivity index (χ2n) is 5.49. The number of ether oxygens (including phenoxy) is 1. The summed E-state index contributed by atoms with van der Waals surface area (Å²) in [5.41, 5.74) is 0.897. The van der Waals surface area contributed by atoms with Gasteiger partial charge in [0.1, 0.15) is 18.0 Å². The average Bonchev–Trinajstić information content (AvgIpc) is 2.36. The highest BCUT2D eigenvalue weighted by Crippen LogP contribution is 2.28. The lowest BCUT2D eigenvalue weighted by atomic mass is 10.0. The molecule has 0 aromatic carbocycles. The summed E-state index contributed by atoms with van der Waals surface area (Å²) in [7, 11) is 1.72. The molecule has 0 saturated carbocycles. The Morgan fingerprint density at radius 2 is 1.79 bits per heavy atom. The van der Waals surface area contributed by atoms with Crippen LogP contribution >= 0.6 is 0 Å². The minimum Gasteiger partial charge on any atom is -0.377 e. The second-order valence-corrected chi connectivity index (χ2v) is 5.49. The normalized spacial score (nSPS) is 11.7. The zero-order valence-corrected chi connectivity index (χ0v) is 12.9. The van der Waals surface area contributed by atoms with Crippen LogP contribution in [0.5, 0.6) is 0 Å². The van der Waals surface area contributed by atoms with Crippen molar-refractivity contribution in [3.8, 4) is 0 Å². The molecule has 1 aromatic heterocycles. The van der Waals surface area contributed by atoms with Gasteiger partial charge in [0.15, 0.2) is 0 Å². The Balaban J connectivity index is 2.96. The molecule has 1 heterocycles. The molecule has 0 spiro atoms. The Bertz CT molecular complexity index is 404. The number of aromatic nitrogens is 2. The molecule has 108 valence electrons. The summed E-state index contributed by atoms with van der Waals surface area (Å²) in [5.74, 6) is 2.14. The molecule has 0 bridgehead atoms. The first-order valence-electron chi connectivity index (χ1n) is 6.79. The molecule has 1 rings (SSSR count). The predicted octanol–water partition coefficient (Wildman–Crippen LogP) is 2.87. The van der Waals surface area contributed by atoms with Crippen molar-refractivity contribution in [3.05, 3.63) is 11.9 Å². The van der Waals surface area contributed by atoms with Crippen LogP contribution in [0.4, 0.5) is 11.6 Å². The smallest absolute Gasteiger partial charge is 0.135 e. The third-order valence-electron chi connectivity index (χ3n) is 3.04. The molecule has 0 atom stereocenters. The van der Waals surface area contributed by atoms with Crippen LogP contribution in [0.15, 0.2) is 6.33 Å². The molecular formula is C14H26N4O. The molecule has 0 fully saturated rings. The minimum atomic E-state index is -0.225. The van der Waals surface area contributed by atoms with Gasteiger partial charge in [-0.25, -0.2) is 9.97 Å². The van der Waals surface area contributed by atoms with Crippen LogP contribution in [0.25, 0.3) is 0 Å². The van der Waals surface area contributed by atoms with Gasteiger partial charge in [0.25, 0.3) is 0 Å². The molecule has 0 aliphatic rings. The zero-order chi connectivity index (χ0) is 14.5. The van der Waals surface area contributed by atoms with E-state index in [2.05, 4.69) is 41.4 Å². The van der Waals surface area contributed by atoms with E-state index in [0.29, 0.717) is 12.5 Å². The van der Waals surface area contributed by atoms with Gasteiger partial charge in [0, 0.05) is 25.8 Å². The maximum Gasteiger partial charge on any atom is 0.135 e. The number of nitrogens with one attached hydrogen (secondary N) is 2. The summed E-state index contributed by atoms with van der Waals surface area (Å²) in [4.78, 5) is 8.68. The number of nitrogens with zero attached hydrogens (tertiary/aromatic N) is 2. The summed E-state index contributed by atoms with van der Waals surface area (Å²) in [6, 6.07) is 0. The van der Waals surface area contributed by atoms with Crippen LogP contribution in [-0.4, -0.2) is 35.8 Å². The molecule has 0 amide bonds. The topological polar surface area (TPSA) is 59.1 Å². The highest BCUT2D eigenvalue weighted by molar-refractivity contribution is 5.59. The van der Waals surface area contributed by atoms with Crippen LogP contribution in [0.2, 0.25) is 0 Å². The molecule has 0 saturated heterocycles. The molecule has 0 unspecified atom stereocenters. The van der Waals surface area contributed by atoms with Gasteiger partial charge in [-0.15, -0.1) is 0 Å². The van der Waals surface area contributed by atoms with Crippen molar-refractivity contribution in [1.29, 1.82) is 0 Å². The van der Waals surface area contributed by atoms with Gasteiger partial charge in [-0.2, -0.15) is 0 Å². The fraction of sp³-hybridized carbons (Fsp3) is 0.714. The van der Waals surface area contributed by atoms with Crippen LogP contribution in [-0.2, 0) is 4.74 Å². The van der Waals surface area contributed by atoms with E-state index in [1.165, 1.54) is 0 Å². The first-order chi connectivity index (χ1) is 8.91. The third kappa shape index (κ3) is 4.35. The van der Waals surface area contributed by atoms with Crippen LogP contribution in [0, 0.1) is 0 Å². The monoisotopic (exact) mass is 266 g/mol. The number of hydrogen-bond acceptors (Lipinski definition) is 5. The Morgan fingerprint density at radius 1 is 1.21 bits per heavy atom. The first-order valence-corrected chi connectivity index (χ1v) is 6.79. The van der Waals surface area contributed by atoms with Gasteiger partial charge in [0.2, 0.25) is 0 Å². The van der Waals surface area contributed by atoms with Gasteiger partial charge in [0.05, 0.1) is 5.60 Å². The number of anilines is 2. The van der Waals surface area contributed by atoms with Crippen molar-refractivity contribution < 1.29 is 4.74 Å². The van der Waals surface area contributed by atoms with Gasteiger partial charge in [-0.3, -0.25) is 0 Å².